The van der Waals surface area contributed by atoms with Gasteiger partial charge in [-0.1, -0.05) is 36.4 Å². The standard InChI is InChI=1S/C30H35FN6O3/c1-20-28(22-12-13-35(2)27(38)17-22)34-37(24-10-5-4-6-11-24)29(20)33-30(39)32-26-19-36(14-15-40-3)18-25(26)21-8-7-9-23(31)16-21/h4-10,12-13,16-17,24-26H,11,14-15,18-19H2,1-3H3,(H2,32,33,39)/t24?,25-,26+/m0/s1. The quantitative estimate of drug-likeness (QED) is 0.446. The number of nitrogens with zero attached hydrogens (tertiary/aromatic N) is 4. The lowest BCUT2D eigenvalue weighted by Crippen LogP contribution is -2.42. The van der Waals surface area contributed by atoms with Crippen LogP contribution in [0, 0.1) is 12.7 Å². The Bertz CT molecular complexity index is 1490. The van der Waals surface area contributed by atoms with E-state index in [1.54, 1.807) is 32.5 Å². The molecule has 1 saturated heterocycles. The highest BCUT2D eigenvalue weighted by Crippen LogP contribution is 2.33. The van der Waals surface area contributed by atoms with Crippen LogP contribution in [0.1, 0.15) is 29.5 Å². The number of hydrogen-bond acceptors (Lipinski definition) is 5. The summed E-state index contributed by atoms with van der Waals surface area (Å²) in [4.78, 5) is 28.1. The topological polar surface area (TPSA) is 93.4 Å². The van der Waals surface area contributed by atoms with E-state index in [1.807, 2.05) is 42.0 Å². The predicted octanol–water partition coefficient (Wildman–Crippen LogP) is 3.99. The summed E-state index contributed by atoms with van der Waals surface area (Å²) in [5.74, 6) is 0.190. The van der Waals surface area contributed by atoms with Crippen molar-refractivity contribution in [3.05, 3.63) is 94.2 Å². The number of ether oxygens (including phenoxy) is 1. The highest BCUT2D eigenvalue weighted by Gasteiger charge is 2.35. The van der Waals surface area contributed by atoms with E-state index in [0.29, 0.717) is 36.8 Å². The third-order valence-corrected chi connectivity index (χ3v) is 7.63. The molecule has 2 N–H and O–H groups in total. The molecule has 1 unspecified atom stereocenters. The number of likely N-dealkylation sites (tertiary alicyclic amines) is 1. The molecule has 0 radical (unpaired) electrons. The second kappa shape index (κ2) is 12.0. The molecular weight excluding hydrogens is 511 g/mol. The van der Waals surface area contributed by atoms with E-state index in [0.717, 1.165) is 24.1 Å². The Morgan fingerprint density at radius 2 is 2.05 bits per heavy atom. The molecule has 2 aliphatic rings. The maximum absolute atomic E-state index is 14.1. The number of methoxy groups -OCH3 is 1. The first-order chi connectivity index (χ1) is 19.3. The third kappa shape index (κ3) is 5.93. The van der Waals surface area contributed by atoms with Crippen molar-refractivity contribution in [1.82, 2.24) is 24.6 Å². The zero-order valence-corrected chi connectivity index (χ0v) is 23.0. The third-order valence-electron chi connectivity index (χ3n) is 7.63. The van der Waals surface area contributed by atoms with Gasteiger partial charge in [0.1, 0.15) is 11.6 Å². The molecule has 1 aromatic carbocycles. The molecule has 2 aromatic heterocycles. The van der Waals surface area contributed by atoms with Crippen molar-refractivity contribution in [1.29, 1.82) is 0 Å². The minimum absolute atomic E-state index is 0.0770. The Labute approximate surface area is 232 Å². The fraction of sp³-hybridized carbons (Fsp3) is 0.367. The summed E-state index contributed by atoms with van der Waals surface area (Å²) in [5, 5.41) is 11.1. The molecule has 0 spiro atoms. The molecule has 10 heteroatoms. The zero-order valence-electron chi connectivity index (χ0n) is 23.0. The second-order valence-electron chi connectivity index (χ2n) is 10.4. The molecular formula is C30H35FN6O3. The van der Waals surface area contributed by atoms with Crippen LogP contribution in [0.4, 0.5) is 15.0 Å². The van der Waals surface area contributed by atoms with Crippen LogP contribution in [0.15, 0.2) is 71.7 Å². The number of urea groups is 1. The van der Waals surface area contributed by atoms with Gasteiger partial charge in [0.05, 0.1) is 24.4 Å². The average Bonchev–Trinajstić information content (AvgIpc) is 3.50. The second-order valence-corrected chi connectivity index (χ2v) is 10.4. The normalized spacial score (nSPS) is 20.6. The summed E-state index contributed by atoms with van der Waals surface area (Å²) >= 11 is 0. The fourth-order valence-electron chi connectivity index (χ4n) is 5.45. The van der Waals surface area contributed by atoms with Gasteiger partial charge < -0.3 is 14.6 Å². The number of carbonyl (C=O) groups is 1. The Kier molecular flexibility index (Phi) is 8.27. The highest BCUT2D eigenvalue weighted by molar-refractivity contribution is 5.90. The highest BCUT2D eigenvalue weighted by atomic mass is 19.1. The largest absolute Gasteiger partial charge is 0.383 e. The van der Waals surface area contributed by atoms with E-state index in [1.165, 1.54) is 16.7 Å². The van der Waals surface area contributed by atoms with E-state index in [2.05, 4.69) is 21.6 Å². The molecule has 1 aliphatic carbocycles. The number of amides is 2. The van der Waals surface area contributed by atoms with Gasteiger partial charge in [-0.2, -0.15) is 5.10 Å². The zero-order chi connectivity index (χ0) is 28.2. The number of aryl methyl sites for hydroxylation is 1. The molecule has 0 saturated carbocycles. The van der Waals surface area contributed by atoms with E-state index in [4.69, 9.17) is 9.84 Å². The van der Waals surface area contributed by atoms with E-state index < -0.39 is 0 Å². The van der Waals surface area contributed by atoms with Gasteiger partial charge in [0.2, 0.25) is 0 Å². The van der Waals surface area contributed by atoms with E-state index >= 15 is 0 Å². The van der Waals surface area contributed by atoms with E-state index in [-0.39, 0.29) is 35.4 Å². The number of allylic oxidation sites excluding steroid dienone is 4. The lowest BCUT2D eigenvalue weighted by molar-refractivity contribution is 0.159. The summed E-state index contributed by atoms with van der Waals surface area (Å²) in [7, 11) is 3.36. The number of hydrogen-bond donors (Lipinski definition) is 2. The minimum atomic E-state index is -0.366. The number of carbonyl (C=O) groups excluding carboxylic acids is 1. The molecule has 3 heterocycles. The number of rotatable bonds is 8. The molecule has 0 bridgehead atoms. The first-order valence-electron chi connectivity index (χ1n) is 13.5. The molecule has 1 fully saturated rings. The van der Waals surface area contributed by atoms with Gasteiger partial charge in [-0.25, -0.2) is 13.9 Å². The van der Waals surface area contributed by atoms with Crippen LogP contribution in [0.2, 0.25) is 0 Å². The summed E-state index contributed by atoms with van der Waals surface area (Å²) in [6.45, 7) is 4.48. The molecule has 3 atom stereocenters. The summed E-state index contributed by atoms with van der Waals surface area (Å²) in [6.07, 6.45) is 10.5. The van der Waals surface area contributed by atoms with Crippen LogP contribution in [0.5, 0.6) is 0 Å². The van der Waals surface area contributed by atoms with Gasteiger partial charge >= 0.3 is 6.03 Å². The van der Waals surface area contributed by atoms with Crippen molar-refractivity contribution < 1.29 is 13.9 Å². The predicted molar refractivity (Wildman–Crippen MR) is 153 cm³/mol. The van der Waals surface area contributed by atoms with Gasteiger partial charge in [0.25, 0.3) is 5.56 Å². The maximum Gasteiger partial charge on any atom is 0.320 e. The monoisotopic (exact) mass is 546 g/mol. The number of halogens is 1. The molecule has 1 aliphatic heterocycles. The summed E-state index contributed by atoms with van der Waals surface area (Å²) in [5.41, 5.74) is 2.80. The van der Waals surface area contributed by atoms with Crippen LogP contribution in [-0.2, 0) is 11.8 Å². The molecule has 3 aromatic rings. The smallest absolute Gasteiger partial charge is 0.320 e. The van der Waals surface area contributed by atoms with Gasteiger partial charge in [0.15, 0.2) is 0 Å². The Morgan fingerprint density at radius 3 is 2.77 bits per heavy atom. The maximum atomic E-state index is 14.1. The van der Waals surface area contributed by atoms with E-state index in [9.17, 15) is 14.0 Å². The van der Waals surface area contributed by atoms with Crippen LogP contribution in [-0.4, -0.2) is 64.7 Å². The Morgan fingerprint density at radius 1 is 1.20 bits per heavy atom. The SMILES string of the molecule is COCCN1C[C@@H](NC(=O)Nc2c(C)c(-c3ccn(C)c(=O)c3)nn2C2C=CC=CC2)[C@H](c2cccc(F)c2)C1. The summed E-state index contributed by atoms with van der Waals surface area (Å²) < 4.78 is 22.6. The Balaban J connectivity index is 1.42. The number of aromatic nitrogens is 3. The lowest BCUT2D eigenvalue weighted by Gasteiger charge is -2.22. The fourth-order valence-corrected chi connectivity index (χ4v) is 5.45. The van der Waals surface area contributed by atoms with Gasteiger partial charge in [-0.3, -0.25) is 15.0 Å². The van der Waals surface area contributed by atoms with Crippen molar-refractivity contribution in [2.75, 3.05) is 38.7 Å². The lowest BCUT2D eigenvalue weighted by atomic mass is 9.94. The minimum Gasteiger partial charge on any atom is -0.383 e. The van der Waals surface area contributed by atoms with Crippen molar-refractivity contribution >= 4 is 11.8 Å². The van der Waals surface area contributed by atoms with Crippen molar-refractivity contribution in [2.24, 2.45) is 7.05 Å². The van der Waals surface area contributed by atoms with Crippen LogP contribution < -0.4 is 16.2 Å². The first-order valence-corrected chi connectivity index (χ1v) is 13.5. The average molecular weight is 547 g/mol. The number of pyridine rings is 1. The summed E-state index contributed by atoms with van der Waals surface area (Å²) in [6, 6.07) is 9.28. The Hall–Kier alpha value is -4.02. The number of benzene rings is 1. The molecule has 5 rings (SSSR count). The van der Waals surface area contributed by atoms with Crippen molar-refractivity contribution in [3.8, 4) is 11.3 Å². The number of nitrogens with one attached hydrogen (secondary N) is 2. The molecule has 210 valence electrons. The van der Waals surface area contributed by atoms with Crippen LogP contribution >= 0.6 is 0 Å². The van der Waals surface area contributed by atoms with Gasteiger partial charge in [0, 0.05) is 63.1 Å². The van der Waals surface area contributed by atoms with Crippen molar-refractivity contribution in [2.45, 2.75) is 31.3 Å². The van der Waals surface area contributed by atoms with Gasteiger partial charge in [-0.05, 0) is 37.1 Å². The van der Waals surface area contributed by atoms with Gasteiger partial charge in [-0.15, -0.1) is 0 Å². The molecule has 2 amide bonds. The van der Waals surface area contributed by atoms with Crippen LogP contribution in [0.3, 0.4) is 0 Å². The number of anilines is 1. The molecule has 9 nitrogen and oxygen atoms in total. The molecule has 40 heavy (non-hydrogen) atoms. The van der Waals surface area contributed by atoms with Crippen LogP contribution in [0.25, 0.3) is 11.3 Å². The first kappa shape index (κ1) is 27.5. The van der Waals surface area contributed by atoms with Crippen molar-refractivity contribution in [3.63, 3.8) is 0 Å².